The van der Waals surface area contributed by atoms with Crippen LogP contribution in [0, 0.1) is 6.92 Å². The Bertz CT molecular complexity index is 735. The predicted octanol–water partition coefficient (Wildman–Crippen LogP) is 4.06. The Kier molecular flexibility index (Phi) is 5.84. The molecule has 3 amide bonds. The lowest BCUT2D eigenvalue weighted by Crippen LogP contribution is -2.35. The fourth-order valence-electron chi connectivity index (χ4n) is 1.86. The monoisotopic (exact) mass is 351 g/mol. The molecule has 2 rings (SSSR count). The van der Waals surface area contributed by atoms with Crippen molar-refractivity contribution in [2.75, 3.05) is 17.2 Å². The number of aryl methyl sites for hydroxylation is 1. The van der Waals surface area contributed by atoms with Crippen LogP contribution in [-0.2, 0) is 4.79 Å². The van der Waals surface area contributed by atoms with Crippen LogP contribution in [0.1, 0.15) is 5.56 Å². The molecule has 0 spiro atoms. The highest BCUT2D eigenvalue weighted by Crippen LogP contribution is 2.29. The minimum absolute atomic E-state index is 0.169. The van der Waals surface area contributed by atoms with E-state index in [4.69, 9.17) is 23.2 Å². The molecule has 0 aliphatic rings. The molecule has 0 atom stereocenters. The third-order valence-electron chi connectivity index (χ3n) is 2.91. The summed E-state index contributed by atoms with van der Waals surface area (Å²) in [7, 11) is 0. The van der Waals surface area contributed by atoms with Gasteiger partial charge in [0.15, 0.2) is 0 Å². The van der Waals surface area contributed by atoms with Gasteiger partial charge in [0, 0.05) is 5.69 Å². The van der Waals surface area contributed by atoms with Crippen molar-refractivity contribution in [3.63, 3.8) is 0 Å². The smallest absolute Gasteiger partial charge is 0.319 e. The molecule has 23 heavy (non-hydrogen) atoms. The van der Waals surface area contributed by atoms with Crippen LogP contribution in [0.25, 0.3) is 0 Å². The van der Waals surface area contributed by atoms with Gasteiger partial charge in [-0.3, -0.25) is 4.79 Å². The maximum absolute atomic E-state index is 11.8. The number of benzene rings is 2. The molecule has 2 aromatic rings. The maximum Gasteiger partial charge on any atom is 0.319 e. The van der Waals surface area contributed by atoms with Gasteiger partial charge in [-0.1, -0.05) is 41.4 Å². The van der Waals surface area contributed by atoms with Crippen molar-refractivity contribution in [2.24, 2.45) is 0 Å². The Morgan fingerprint density at radius 3 is 2.52 bits per heavy atom. The molecule has 0 saturated carbocycles. The number of hydrogen-bond acceptors (Lipinski definition) is 2. The number of urea groups is 1. The standard InChI is InChI=1S/C16H15Cl2N3O2/c1-10-4-2-5-11(8-10)20-14(22)9-19-16(23)21-13-7-3-6-12(17)15(13)18/h2-8H,9H2,1H3,(H,20,22)(H2,19,21,23). The van der Waals surface area contributed by atoms with Crippen LogP contribution in [0.2, 0.25) is 10.0 Å². The second kappa shape index (κ2) is 7.85. The summed E-state index contributed by atoms with van der Waals surface area (Å²) in [5, 5.41) is 8.25. The lowest BCUT2D eigenvalue weighted by molar-refractivity contribution is -0.115. The van der Waals surface area contributed by atoms with E-state index < -0.39 is 6.03 Å². The molecule has 0 heterocycles. The van der Waals surface area contributed by atoms with Gasteiger partial charge < -0.3 is 16.0 Å². The zero-order chi connectivity index (χ0) is 16.8. The lowest BCUT2D eigenvalue weighted by Gasteiger charge is -2.10. The van der Waals surface area contributed by atoms with Gasteiger partial charge in [-0.2, -0.15) is 0 Å². The second-order valence-electron chi connectivity index (χ2n) is 4.83. The van der Waals surface area contributed by atoms with Gasteiger partial charge in [0.05, 0.1) is 22.3 Å². The molecule has 2 aromatic carbocycles. The molecule has 0 radical (unpaired) electrons. The number of amides is 3. The normalized spacial score (nSPS) is 10.0. The summed E-state index contributed by atoms with van der Waals surface area (Å²) < 4.78 is 0. The van der Waals surface area contributed by atoms with Crippen molar-refractivity contribution in [2.45, 2.75) is 6.92 Å². The van der Waals surface area contributed by atoms with E-state index in [1.807, 2.05) is 25.1 Å². The Morgan fingerprint density at radius 2 is 1.78 bits per heavy atom. The van der Waals surface area contributed by atoms with Gasteiger partial charge in [-0.25, -0.2) is 4.79 Å². The van der Waals surface area contributed by atoms with E-state index in [-0.39, 0.29) is 17.5 Å². The number of carbonyl (C=O) groups excluding carboxylic acids is 2. The number of halogens is 2. The van der Waals surface area contributed by atoms with Crippen LogP contribution >= 0.6 is 23.2 Å². The number of hydrogen-bond donors (Lipinski definition) is 3. The van der Waals surface area contributed by atoms with E-state index in [0.29, 0.717) is 16.4 Å². The van der Waals surface area contributed by atoms with E-state index in [1.54, 1.807) is 24.3 Å². The zero-order valence-corrected chi connectivity index (χ0v) is 13.8. The summed E-state index contributed by atoms with van der Waals surface area (Å²) in [4.78, 5) is 23.6. The summed E-state index contributed by atoms with van der Waals surface area (Å²) in [6.07, 6.45) is 0. The van der Waals surface area contributed by atoms with Gasteiger partial charge in [0.25, 0.3) is 0 Å². The quantitative estimate of drug-likeness (QED) is 0.777. The summed E-state index contributed by atoms with van der Waals surface area (Å²) in [6.45, 7) is 1.76. The minimum atomic E-state index is -0.548. The van der Waals surface area contributed by atoms with Gasteiger partial charge >= 0.3 is 6.03 Å². The molecular weight excluding hydrogens is 337 g/mol. The number of nitrogens with one attached hydrogen (secondary N) is 3. The molecular formula is C16H15Cl2N3O2. The summed E-state index contributed by atoms with van der Waals surface area (Å²) in [5.41, 5.74) is 2.08. The topological polar surface area (TPSA) is 70.2 Å². The van der Waals surface area contributed by atoms with Crippen LogP contribution in [0.4, 0.5) is 16.2 Å². The molecule has 0 aromatic heterocycles. The van der Waals surface area contributed by atoms with Crippen LogP contribution in [0.15, 0.2) is 42.5 Å². The third-order valence-corrected chi connectivity index (χ3v) is 3.73. The zero-order valence-electron chi connectivity index (χ0n) is 12.3. The average molecular weight is 352 g/mol. The Hall–Kier alpha value is -2.24. The maximum atomic E-state index is 11.8. The van der Waals surface area contributed by atoms with E-state index >= 15 is 0 Å². The highest BCUT2D eigenvalue weighted by atomic mass is 35.5. The van der Waals surface area contributed by atoms with Crippen LogP contribution in [0.3, 0.4) is 0 Å². The Morgan fingerprint density at radius 1 is 1.04 bits per heavy atom. The largest absolute Gasteiger partial charge is 0.329 e. The van der Waals surface area contributed by atoms with E-state index in [9.17, 15) is 9.59 Å². The second-order valence-corrected chi connectivity index (χ2v) is 5.61. The van der Waals surface area contributed by atoms with E-state index in [1.165, 1.54) is 0 Å². The van der Waals surface area contributed by atoms with Gasteiger partial charge in [-0.15, -0.1) is 0 Å². The fraction of sp³-hybridized carbons (Fsp3) is 0.125. The van der Waals surface area contributed by atoms with Crippen molar-refractivity contribution >= 4 is 46.5 Å². The SMILES string of the molecule is Cc1cccc(NC(=O)CNC(=O)Nc2cccc(Cl)c2Cl)c1. The summed E-state index contributed by atoms with van der Waals surface area (Å²) in [6, 6.07) is 11.7. The average Bonchev–Trinajstić information content (AvgIpc) is 2.50. The van der Waals surface area contributed by atoms with Gasteiger partial charge in [0.2, 0.25) is 5.91 Å². The first-order valence-electron chi connectivity index (χ1n) is 6.81. The summed E-state index contributed by atoms with van der Waals surface area (Å²) in [5.74, 6) is -0.331. The van der Waals surface area contributed by atoms with Crippen LogP contribution in [-0.4, -0.2) is 18.5 Å². The molecule has 0 aliphatic carbocycles. The highest BCUT2D eigenvalue weighted by Gasteiger charge is 2.09. The third kappa shape index (κ3) is 5.16. The molecule has 0 bridgehead atoms. The van der Waals surface area contributed by atoms with Gasteiger partial charge in [-0.05, 0) is 36.8 Å². The van der Waals surface area contributed by atoms with Gasteiger partial charge in [0.1, 0.15) is 0 Å². The first-order valence-corrected chi connectivity index (χ1v) is 7.56. The number of rotatable bonds is 4. The predicted molar refractivity (Wildman–Crippen MR) is 93.3 cm³/mol. The number of anilines is 2. The molecule has 0 unspecified atom stereocenters. The first-order chi connectivity index (χ1) is 11.0. The Labute approximate surface area is 144 Å². The summed E-state index contributed by atoms with van der Waals surface area (Å²) >= 11 is 11.8. The molecule has 0 fully saturated rings. The highest BCUT2D eigenvalue weighted by molar-refractivity contribution is 6.43. The number of carbonyl (C=O) groups is 2. The lowest BCUT2D eigenvalue weighted by atomic mass is 10.2. The molecule has 0 aliphatic heterocycles. The fourth-order valence-corrected chi connectivity index (χ4v) is 2.20. The minimum Gasteiger partial charge on any atom is -0.329 e. The van der Waals surface area contributed by atoms with Crippen molar-refractivity contribution in [3.05, 3.63) is 58.1 Å². The van der Waals surface area contributed by atoms with E-state index in [2.05, 4.69) is 16.0 Å². The molecule has 7 heteroatoms. The van der Waals surface area contributed by atoms with Crippen molar-refractivity contribution in [1.82, 2.24) is 5.32 Å². The molecule has 0 saturated heterocycles. The van der Waals surface area contributed by atoms with Crippen LogP contribution in [0.5, 0.6) is 0 Å². The Balaban J connectivity index is 1.84. The molecule has 120 valence electrons. The van der Waals surface area contributed by atoms with E-state index in [0.717, 1.165) is 5.56 Å². The van der Waals surface area contributed by atoms with Crippen molar-refractivity contribution < 1.29 is 9.59 Å². The molecule has 3 N–H and O–H groups in total. The van der Waals surface area contributed by atoms with Crippen molar-refractivity contribution in [1.29, 1.82) is 0 Å². The van der Waals surface area contributed by atoms with Crippen LogP contribution < -0.4 is 16.0 Å². The first kappa shape index (κ1) is 17.1. The molecule has 5 nitrogen and oxygen atoms in total. The van der Waals surface area contributed by atoms with Crippen molar-refractivity contribution in [3.8, 4) is 0 Å².